The van der Waals surface area contributed by atoms with E-state index in [1.54, 1.807) is 37.4 Å². The van der Waals surface area contributed by atoms with Crippen LogP contribution in [0.3, 0.4) is 0 Å². The van der Waals surface area contributed by atoms with Crippen molar-refractivity contribution in [2.45, 2.75) is 33.2 Å². The van der Waals surface area contributed by atoms with Gasteiger partial charge in [-0.15, -0.1) is 0 Å². The van der Waals surface area contributed by atoms with Gasteiger partial charge in [0.1, 0.15) is 11.5 Å². The maximum absolute atomic E-state index is 13.4. The van der Waals surface area contributed by atoms with Gasteiger partial charge < -0.3 is 33.7 Å². The minimum atomic E-state index is -0.877. The summed E-state index contributed by atoms with van der Waals surface area (Å²) in [5.74, 6) is 0.425. The number of Topliss-reactive ketones (excluding diaryl/α,β-unsaturated/α-hetero) is 1. The molecule has 0 spiro atoms. The normalized spacial score (nSPS) is 16.7. The molecule has 0 bridgehead atoms. The lowest BCUT2D eigenvalue weighted by Gasteiger charge is -2.26. The van der Waals surface area contributed by atoms with Crippen molar-refractivity contribution in [3.05, 3.63) is 52.6 Å². The Morgan fingerprint density at radius 2 is 1.63 bits per heavy atom. The second-order valence-electron chi connectivity index (χ2n) is 9.48. The molecule has 1 amide bonds. The average molecular weight is 528 g/mol. The van der Waals surface area contributed by atoms with E-state index in [0.29, 0.717) is 59.7 Å². The zero-order valence-electron chi connectivity index (χ0n) is 23.1. The van der Waals surface area contributed by atoms with Crippen molar-refractivity contribution in [3.63, 3.8) is 0 Å². The first kappa shape index (κ1) is 28.8. The number of benzene rings is 2. The number of aliphatic hydroxyl groups excluding tert-OH is 1. The number of hydrogen-bond acceptors (Lipinski definition) is 8. The maximum atomic E-state index is 13.4. The van der Waals surface area contributed by atoms with Gasteiger partial charge in [-0.3, -0.25) is 9.59 Å². The zero-order chi connectivity index (χ0) is 28.0. The molecule has 1 aliphatic heterocycles. The van der Waals surface area contributed by atoms with Crippen LogP contribution in [0.2, 0.25) is 0 Å². The lowest BCUT2D eigenvalue weighted by molar-refractivity contribution is -0.140. The molecule has 1 heterocycles. The third kappa shape index (κ3) is 5.88. The van der Waals surface area contributed by atoms with Crippen LogP contribution in [-0.4, -0.2) is 69.9 Å². The Morgan fingerprint density at radius 3 is 2.16 bits per heavy atom. The Hall–Kier alpha value is -3.72. The van der Waals surface area contributed by atoms with E-state index in [1.807, 2.05) is 6.92 Å². The quantitative estimate of drug-likeness (QED) is 0.186. The molecule has 206 valence electrons. The third-order valence-corrected chi connectivity index (χ3v) is 6.31. The van der Waals surface area contributed by atoms with Crippen LogP contribution in [0.5, 0.6) is 23.0 Å². The number of ketones is 1. The van der Waals surface area contributed by atoms with Crippen LogP contribution >= 0.6 is 0 Å². The minimum Gasteiger partial charge on any atom is -0.507 e. The van der Waals surface area contributed by atoms with Crippen LogP contribution in [0, 0.1) is 12.8 Å². The highest BCUT2D eigenvalue weighted by Crippen LogP contribution is 2.46. The summed E-state index contributed by atoms with van der Waals surface area (Å²) in [4.78, 5) is 28.0. The van der Waals surface area contributed by atoms with Crippen molar-refractivity contribution in [1.29, 1.82) is 0 Å². The molecule has 2 aromatic carbocycles. The molecule has 9 heteroatoms. The van der Waals surface area contributed by atoms with Gasteiger partial charge in [-0.25, -0.2) is 0 Å². The zero-order valence-corrected chi connectivity index (χ0v) is 23.1. The molecule has 38 heavy (non-hydrogen) atoms. The highest BCUT2D eigenvalue weighted by molar-refractivity contribution is 6.46. The Kier molecular flexibility index (Phi) is 9.63. The molecule has 1 fully saturated rings. The largest absolute Gasteiger partial charge is 0.507 e. The molecule has 0 saturated carbocycles. The Labute approximate surface area is 223 Å². The molecule has 0 aromatic heterocycles. The number of carbonyl (C=O) groups is 2. The molecular weight excluding hydrogens is 490 g/mol. The van der Waals surface area contributed by atoms with Crippen LogP contribution in [0.15, 0.2) is 35.9 Å². The van der Waals surface area contributed by atoms with E-state index in [9.17, 15) is 14.7 Å². The second-order valence-corrected chi connectivity index (χ2v) is 9.48. The molecule has 0 radical (unpaired) electrons. The summed E-state index contributed by atoms with van der Waals surface area (Å²) < 4.78 is 27.5. The summed E-state index contributed by atoms with van der Waals surface area (Å²) in [5, 5.41) is 11.4. The van der Waals surface area contributed by atoms with Crippen LogP contribution in [-0.2, 0) is 14.3 Å². The number of aliphatic hydroxyl groups is 1. The predicted molar refractivity (Wildman–Crippen MR) is 143 cm³/mol. The Bertz CT molecular complexity index is 1180. The number of likely N-dealkylation sites (tertiary alicyclic amines) is 1. The summed E-state index contributed by atoms with van der Waals surface area (Å²) in [5.41, 5.74) is 1.73. The van der Waals surface area contributed by atoms with Gasteiger partial charge in [0.2, 0.25) is 5.75 Å². The van der Waals surface area contributed by atoms with Crippen molar-refractivity contribution in [1.82, 2.24) is 4.90 Å². The van der Waals surface area contributed by atoms with E-state index < -0.39 is 17.7 Å². The van der Waals surface area contributed by atoms with E-state index in [4.69, 9.17) is 23.7 Å². The van der Waals surface area contributed by atoms with Gasteiger partial charge in [0.25, 0.3) is 11.7 Å². The van der Waals surface area contributed by atoms with E-state index in [0.717, 1.165) is 5.56 Å². The third-order valence-electron chi connectivity index (χ3n) is 6.31. The number of amides is 1. The van der Waals surface area contributed by atoms with Gasteiger partial charge in [-0.2, -0.15) is 0 Å². The lowest BCUT2D eigenvalue weighted by atomic mass is 9.94. The second kappa shape index (κ2) is 12.7. The number of nitrogens with zero attached hydrogens (tertiary/aromatic N) is 1. The predicted octanol–water partition coefficient (Wildman–Crippen LogP) is 4.51. The average Bonchev–Trinajstić information content (AvgIpc) is 3.16. The van der Waals surface area contributed by atoms with Gasteiger partial charge in [0.15, 0.2) is 11.5 Å². The fourth-order valence-corrected chi connectivity index (χ4v) is 4.47. The van der Waals surface area contributed by atoms with E-state index >= 15 is 0 Å². The van der Waals surface area contributed by atoms with Crippen LogP contribution < -0.4 is 18.9 Å². The summed E-state index contributed by atoms with van der Waals surface area (Å²) in [6.07, 6.45) is 0.505. The molecule has 3 rings (SSSR count). The van der Waals surface area contributed by atoms with Crippen molar-refractivity contribution in [2.24, 2.45) is 5.92 Å². The van der Waals surface area contributed by atoms with Crippen molar-refractivity contribution >= 4 is 17.4 Å². The molecule has 2 aromatic rings. The standard InChI is InChI=1S/C29H37NO8/c1-17(2)16-38-21-10-9-19(13-18(21)3)26(31)24-25(30(11-8-12-34-4)29(33)27(24)32)20-14-22(35-5)28(37-7)23(15-20)36-6/h9-10,13-15,17,25,31H,8,11-12,16H2,1-7H3/b26-24+/t25-/m0/s1. The number of hydrogen-bond donors (Lipinski definition) is 1. The van der Waals surface area contributed by atoms with Crippen LogP contribution in [0.4, 0.5) is 0 Å². The molecule has 9 nitrogen and oxygen atoms in total. The van der Waals surface area contributed by atoms with E-state index in [2.05, 4.69) is 13.8 Å². The molecule has 0 unspecified atom stereocenters. The van der Waals surface area contributed by atoms with Gasteiger partial charge in [0.05, 0.1) is 39.6 Å². The molecule has 1 atom stereocenters. The Morgan fingerprint density at radius 1 is 0.974 bits per heavy atom. The summed E-state index contributed by atoms with van der Waals surface area (Å²) in [6.45, 7) is 7.20. The molecule has 0 aliphatic carbocycles. The molecule has 1 N–H and O–H groups in total. The van der Waals surface area contributed by atoms with Gasteiger partial charge in [0, 0.05) is 25.8 Å². The summed E-state index contributed by atoms with van der Waals surface area (Å²) in [6, 6.07) is 7.68. The van der Waals surface area contributed by atoms with Crippen molar-refractivity contribution in [3.8, 4) is 23.0 Å². The number of ether oxygens (including phenoxy) is 5. The van der Waals surface area contributed by atoms with E-state index in [-0.39, 0.29) is 17.9 Å². The fourth-order valence-electron chi connectivity index (χ4n) is 4.47. The summed E-state index contributed by atoms with van der Waals surface area (Å²) >= 11 is 0. The fraction of sp³-hybridized carbons (Fsp3) is 0.448. The number of methoxy groups -OCH3 is 4. The highest BCUT2D eigenvalue weighted by atomic mass is 16.5. The first-order valence-electron chi connectivity index (χ1n) is 12.5. The Balaban J connectivity index is 2.17. The maximum Gasteiger partial charge on any atom is 0.295 e. The SMILES string of the molecule is COCCCN1C(=O)C(=O)/C(=C(/O)c2ccc(OCC(C)C)c(C)c2)[C@@H]1c1cc(OC)c(OC)c(OC)c1. The van der Waals surface area contributed by atoms with Gasteiger partial charge in [-0.1, -0.05) is 13.8 Å². The number of rotatable bonds is 12. The smallest absolute Gasteiger partial charge is 0.295 e. The topological polar surface area (TPSA) is 104 Å². The first-order valence-corrected chi connectivity index (χ1v) is 12.5. The number of aryl methyl sites for hydroxylation is 1. The number of carbonyl (C=O) groups excluding carboxylic acids is 2. The minimum absolute atomic E-state index is 0.0167. The van der Waals surface area contributed by atoms with Crippen molar-refractivity contribution in [2.75, 3.05) is 48.2 Å². The van der Waals surface area contributed by atoms with Gasteiger partial charge >= 0.3 is 0 Å². The first-order chi connectivity index (χ1) is 18.2. The summed E-state index contributed by atoms with van der Waals surface area (Å²) in [7, 11) is 6.04. The van der Waals surface area contributed by atoms with Crippen LogP contribution in [0.25, 0.3) is 5.76 Å². The lowest BCUT2D eigenvalue weighted by Crippen LogP contribution is -2.31. The van der Waals surface area contributed by atoms with Crippen LogP contribution in [0.1, 0.15) is 43.0 Å². The van der Waals surface area contributed by atoms with E-state index in [1.165, 1.54) is 26.2 Å². The molecule has 1 aliphatic rings. The molecule has 1 saturated heterocycles. The monoisotopic (exact) mass is 527 g/mol. The molecular formula is C29H37NO8. The van der Waals surface area contributed by atoms with Crippen molar-refractivity contribution < 1.29 is 38.4 Å². The van der Waals surface area contributed by atoms with Gasteiger partial charge in [-0.05, 0) is 60.7 Å². The highest BCUT2D eigenvalue weighted by Gasteiger charge is 2.46.